The second-order valence-corrected chi connectivity index (χ2v) is 4.41. The van der Waals surface area contributed by atoms with Crippen LogP contribution in [0.2, 0.25) is 0 Å². The van der Waals surface area contributed by atoms with Crippen LogP contribution >= 0.6 is 0 Å². The molecule has 1 fully saturated rings. The number of methoxy groups -OCH3 is 1. The van der Waals surface area contributed by atoms with E-state index in [4.69, 9.17) is 4.74 Å². The van der Waals surface area contributed by atoms with Gasteiger partial charge < -0.3 is 4.74 Å². The third-order valence-corrected chi connectivity index (χ3v) is 3.43. The molecule has 96 valence electrons. The second kappa shape index (κ2) is 4.86. The van der Waals surface area contributed by atoms with Gasteiger partial charge in [-0.25, -0.2) is 13.6 Å². The number of benzene rings is 1. The van der Waals surface area contributed by atoms with Crippen LogP contribution in [0.3, 0.4) is 0 Å². The normalized spacial score (nSPS) is 17.3. The average Bonchev–Trinajstić information content (AvgIpc) is 2.79. The first-order chi connectivity index (χ1) is 8.63. The molecular weight excluding hydrogens is 240 g/mol. The Hall–Kier alpha value is -1.74. The minimum absolute atomic E-state index is 0.0428. The molecule has 5 heteroatoms. The Labute approximate surface area is 103 Å². The summed E-state index contributed by atoms with van der Waals surface area (Å²) in [7, 11) is 1.31. The van der Waals surface area contributed by atoms with Gasteiger partial charge in [-0.05, 0) is 18.9 Å². The van der Waals surface area contributed by atoms with Gasteiger partial charge >= 0.3 is 0 Å². The van der Waals surface area contributed by atoms with Gasteiger partial charge in [-0.1, -0.05) is 12.8 Å². The van der Waals surface area contributed by atoms with E-state index >= 15 is 0 Å². The summed E-state index contributed by atoms with van der Waals surface area (Å²) in [6, 6.07) is 2.06. The topological polar surface area (TPSA) is 38.7 Å². The van der Waals surface area contributed by atoms with E-state index in [1.54, 1.807) is 0 Å². The van der Waals surface area contributed by atoms with Crippen LogP contribution in [-0.2, 0) is 10.3 Å². The zero-order valence-corrected chi connectivity index (χ0v) is 10.0. The fourth-order valence-electron chi connectivity index (χ4n) is 2.53. The van der Waals surface area contributed by atoms with Crippen LogP contribution in [-0.4, -0.2) is 13.2 Å². The number of nitrogens with zero attached hydrogens (tertiary/aromatic N) is 1. The summed E-state index contributed by atoms with van der Waals surface area (Å²) in [6.45, 7) is 0. The maximum atomic E-state index is 13.9. The largest absolute Gasteiger partial charge is 0.494 e. The number of rotatable bonds is 3. The molecule has 0 unspecified atom stereocenters. The number of ether oxygens (including phenoxy) is 1. The summed E-state index contributed by atoms with van der Waals surface area (Å²) in [6.07, 6.45) is 4.33. The lowest BCUT2D eigenvalue weighted by atomic mass is 9.88. The Morgan fingerprint density at radius 2 is 1.94 bits per heavy atom. The molecule has 1 saturated carbocycles. The van der Waals surface area contributed by atoms with E-state index in [2.05, 4.69) is 4.99 Å². The second-order valence-electron chi connectivity index (χ2n) is 4.41. The van der Waals surface area contributed by atoms with Gasteiger partial charge in [-0.15, -0.1) is 0 Å². The first-order valence-electron chi connectivity index (χ1n) is 5.75. The number of hydrogen-bond acceptors (Lipinski definition) is 3. The first-order valence-corrected chi connectivity index (χ1v) is 5.75. The Kier molecular flexibility index (Phi) is 3.43. The predicted octanol–water partition coefficient (Wildman–Crippen LogP) is 3.08. The molecule has 1 aliphatic carbocycles. The zero-order chi connectivity index (χ0) is 13.2. The molecule has 1 aromatic carbocycles. The zero-order valence-electron chi connectivity index (χ0n) is 10.0. The molecule has 18 heavy (non-hydrogen) atoms. The fraction of sp³-hybridized carbons (Fsp3) is 0.462. The summed E-state index contributed by atoms with van der Waals surface area (Å²) in [5, 5.41) is 0. The van der Waals surface area contributed by atoms with E-state index in [-0.39, 0.29) is 11.3 Å². The molecule has 0 radical (unpaired) electrons. The van der Waals surface area contributed by atoms with Crippen LogP contribution in [0.15, 0.2) is 17.1 Å². The highest BCUT2D eigenvalue weighted by molar-refractivity contribution is 5.42. The van der Waals surface area contributed by atoms with Crippen molar-refractivity contribution < 1.29 is 18.3 Å². The lowest BCUT2D eigenvalue weighted by molar-refractivity contribution is 0.373. The summed E-state index contributed by atoms with van der Waals surface area (Å²) >= 11 is 0. The van der Waals surface area contributed by atoms with Crippen LogP contribution in [0.25, 0.3) is 0 Å². The summed E-state index contributed by atoms with van der Waals surface area (Å²) < 4.78 is 32.1. The van der Waals surface area contributed by atoms with Gasteiger partial charge in [0.05, 0.1) is 7.11 Å². The van der Waals surface area contributed by atoms with E-state index in [0.29, 0.717) is 12.8 Å². The smallest absolute Gasteiger partial charge is 0.235 e. The monoisotopic (exact) mass is 253 g/mol. The molecule has 0 saturated heterocycles. The van der Waals surface area contributed by atoms with E-state index in [0.717, 1.165) is 18.9 Å². The van der Waals surface area contributed by atoms with E-state index < -0.39 is 17.2 Å². The molecule has 0 aliphatic heterocycles. The molecule has 3 nitrogen and oxygen atoms in total. The molecule has 1 aliphatic rings. The van der Waals surface area contributed by atoms with Crippen LogP contribution in [0, 0.1) is 11.6 Å². The number of carbonyl (C=O) groups excluding carboxylic acids is 1. The summed E-state index contributed by atoms with van der Waals surface area (Å²) in [5.74, 6) is -1.50. The van der Waals surface area contributed by atoms with Crippen LogP contribution in [0.1, 0.15) is 31.2 Å². The van der Waals surface area contributed by atoms with Gasteiger partial charge in [-0.3, -0.25) is 0 Å². The SMILES string of the molecule is COc1cc(C2(N=C=O)CCCC2)c(F)cc1F. The highest BCUT2D eigenvalue weighted by Crippen LogP contribution is 2.44. The third-order valence-electron chi connectivity index (χ3n) is 3.43. The Morgan fingerprint density at radius 1 is 1.28 bits per heavy atom. The highest BCUT2D eigenvalue weighted by atomic mass is 19.1. The highest BCUT2D eigenvalue weighted by Gasteiger charge is 2.38. The molecule has 0 N–H and O–H groups in total. The lowest BCUT2D eigenvalue weighted by Gasteiger charge is -2.24. The van der Waals surface area contributed by atoms with Crippen LogP contribution in [0.4, 0.5) is 8.78 Å². The third kappa shape index (κ3) is 2.02. The molecule has 0 heterocycles. The number of halogens is 2. The molecule has 0 aromatic heterocycles. The van der Waals surface area contributed by atoms with Gasteiger partial charge in [0.25, 0.3) is 0 Å². The summed E-state index contributed by atoms with van der Waals surface area (Å²) in [4.78, 5) is 14.3. The van der Waals surface area contributed by atoms with Crippen LogP contribution < -0.4 is 4.74 Å². The maximum Gasteiger partial charge on any atom is 0.235 e. The van der Waals surface area contributed by atoms with E-state index in [1.807, 2.05) is 0 Å². The van der Waals surface area contributed by atoms with Crippen molar-refractivity contribution in [3.63, 3.8) is 0 Å². The standard InChI is InChI=1S/C13H13F2NO2/c1-18-12-6-9(10(14)7-11(12)15)13(16-8-17)4-2-3-5-13/h6-7H,2-5H2,1H3. The Bertz CT molecular complexity index is 504. The minimum Gasteiger partial charge on any atom is -0.494 e. The number of hydrogen-bond donors (Lipinski definition) is 0. The van der Waals surface area contributed by atoms with Gasteiger partial charge in [0.15, 0.2) is 11.6 Å². The van der Waals surface area contributed by atoms with Crippen molar-refractivity contribution in [3.05, 3.63) is 29.3 Å². The van der Waals surface area contributed by atoms with Crippen molar-refractivity contribution in [2.75, 3.05) is 7.11 Å². The molecular formula is C13H13F2NO2. The molecule has 0 spiro atoms. The van der Waals surface area contributed by atoms with Gasteiger partial charge in [0, 0.05) is 11.6 Å². The lowest BCUT2D eigenvalue weighted by Crippen LogP contribution is -2.21. The van der Waals surface area contributed by atoms with Crippen LogP contribution in [0.5, 0.6) is 5.75 Å². The predicted molar refractivity (Wildman–Crippen MR) is 61.2 cm³/mol. The van der Waals surface area contributed by atoms with E-state index in [1.165, 1.54) is 19.3 Å². The molecule has 0 amide bonds. The number of aliphatic imine (C=N–C) groups is 1. The Balaban J connectivity index is 2.57. The average molecular weight is 253 g/mol. The van der Waals surface area contributed by atoms with Crippen molar-refractivity contribution in [1.29, 1.82) is 0 Å². The van der Waals surface area contributed by atoms with Crippen molar-refractivity contribution in [1.82, 2.24) is 0 Å². The van der Waals surface area contributed by atoms with Gasteiger partial charge in [-0.2, -0.15) is 4.99 Å². The number of isocyanates is 1. The molecule has 0 atom stereocenters. The molecule has 0 bridgehead atoms. The Morgan fingerprint density at radius 3 is 2.50 bits per heavy atom. The van der Waals surface area contributed by atoms with Crippen molar-refractivity contribution in [3.8, 4) is 5.75 Å². The first kappa shape index (κ1) is 12.7. The fourth-order valence-corrected chi connectivity index (χ4v) is 2.53. The van der Waals surface area contributed by atoms with Crippen molar-refractivity contribution in [2.45, 2.75) is 31.2 Å². The maximum absolute atomic E-state index is 13.9. The quantitative estimate of drug-likeness (QED) is 0.613. The van der Waals surface area contributed by atoms with Gasteiger partial charge in [0.2, 0.25) is 6.08 Å². The van der Waals surface area contributed by atoms with Gasteiger partial charge in [0.1, 0.15) is 11.4 Å². The van der Waals surface area contributed by atoms with E-state index in [9.17, 15) is 13.6 Å². The molecule has 1 aromatic rings. The minimum atomic E-state index is -0.910. The van der Waals surface area contributed by atoms with Crippen molar-refractivity contribution >= 4 is 6.08 Å². The molecule has 2 rings (SSSR count). The summed E-state index contributed by atoms with van der Waals surface area (Å²) in [5.41, 5.74) is -0.700. The van der Waals surface area contributed by atoms with Crippen molar-refractivity contribution in [2.24, 2.45) is 4.99 Å².